The van der Waals surface area contributed by atoms with Gasteiger partial charge in [-0.1, -0.05) is 18.2 Å². The van der Waals surface area contributed by atoms with Crippen molar-refractivity contribution in [2.24, 2.45) is 10.2 Å². The molecule has 0 saturated carbocycles. The summed E-state index contributed by atoms with van der Waals surface area (Å²) in [6.45, 7) is 0.972. The molecular formula is C30H32Br2F2N5NaO2. The van der Waals surface area contributed by atoms with E-state index < -0.39 is 5.97 Å². The summed E-state index contributed by atoms with van der Waals surface area (Å²) in [6.07, 6.45) is 0. The average molecular weight is 715 g/mol. The predicted octanol–water partition coefficient (Wildman–Crippen LogP) is 4.75. The van der Waals surface area contributed by atoms with Gasteiger partial charge in [-0.2, -0.15) is 10.2 Å². The number of para-hydroxylation sites is 1. The van der Waals surface area contributed by atoms with Gasteiger partial charge in [-0.25, -0.2) is 8.78 Å². The molecule has 0 radical (unpaired) electrons. The Morgan fingerprint density at radius 3 is 1.52 bits per heavy atom. The molecule has 0 spiro atoms. The van der Waals surface area contributed by atoms with E-state index in [4.69, 9.17) is 15.6 Å². The molecular weight excluding hydrogens is 683 g/mol. The molecule has 0 aliphatic rings. The van der Waals surface area contributed by atoms with Crippen molar-refractivity contribution in [3.8, 4) is 0 Å². The summed E-state index contributed by atoms with van der Waals surface area (Å²) in [4.78, 5) is 13.0. The molecule has 0 heterocycles. The normalized spacial score (nSPS) is 9.55. The van der Waals surface area contributed by atoms with Crippen LogP contribution in [-0.2, 0) is 4.79 Å². The van der Waals surface area contributed by atoms with Crippen molar-refractivity contribution in [3.05, 3.63) is 112 Å². The molecule has 0 aliphatic heterocycles. The van der Waals surface area contributed by atoms with Crippen LogP contribution in [0.25, 0.3) is 0 Å². The number of nitrogens with two attached hydrogens (primary N) is 1. The number of nitrogen functional groups attached to an aromatic ring is 1. The first-order valence-electron chi connectivity index (χ1n) is 12.0. The van der Waals surface area contributed by atoms with Gasteiger partial charge in [-0.15, -0.1) is 0 Å². The first-order valence-corrected chi connectivity index (χ1v) is 13.6. The van der Waals surface area contributed by atoms with Gasteiger partial charge in [0.2, 0.25) is 0 Å². The minimum absolute atomic E-state index is 0. The smallest absolute Gasteiger partial charge is 0.550 e. The van der Waals surface area contributed by atoms with Crippen LogP contribution in [0.1, 0.15) is 6.92 Å². The van der Waals surface area contributed by atoms with Gasteiger partial charge >= 0.3 is 29.6 Å². The number of hydrogen-bond donors (Lipinski definition) is 1. The zero-order chi connectivity index (χ0) is 30.9. The van der Waals surface area contributed by atoms with Crippen LogP contribution in [0.15, 0.2) is 110 Å². The number of carbonyl (C=O) groups excluding carboxylic acids is 1. The van der Waals surface area contributed by atoms with Gasteiger partial charge in [0, 0.05) is 57.3 Å². The zero-order valence-electron chi connectivity index (χ0n) is 24.4. The van der Waals surface area contributed by atoms with Crippen LogP contribution in [0, 0.1) is 11.6 Å². The van der Waals surface area contributed by atoms with Crippen LogP contribution in [0.5, 0.6) is 0 Å². The van der Waals surface area contributed by atoms with Crippen LogP contribution >= 0.6 is 31.9 Å². The summed E-state index contributed by atoms with van der Waals surface area (Å²) in [7, 11) is 8.02. The largest absolute Gasteiger partial charge is 1.00 e. The van der Waals surface area contributed by atoms with Gasteiger partial charge in [0.05, 0.1) is 20.3 Å². The number of anilines is 3. The van der Waals surface area contributed by atoms with Crippen LogP contribution in [0.3, 0.4) is 0 Å². The van der Waals surface area contributed by atoms with E-state index in [9.17, 15) is 8.78 Å². The van der Waals surface area contributed by atoms with E-state index in [1.54, 1.807) is 24.3 Å². The van der Waals surface area contributed by atoms with Gasteiger partial charge in [0.25, 0.3) is 0 Å². The van der Waals surface area contributed by atoms with Crippen LogP contribution < -0.4 is 50.2 Å². The molecule has 0 atom stereocenters. The van der Waals surface area contributed by atoms with Crippen molar-refractivity contribution in [2.75, 3.05) is 43.7 Å². The Hall–Kier alpha value is -2.83. The summed E-state index contributed by atoms with van der Waals surface area (Å²) in [5, 5.41) is 17.0. The number of carbonyl (C=O) groups is 1. The molecule has 7 nitrogen and oxygen atoms in total. The molecule has 2 N–H and O–H groups in total. The fourth-order valence-electron chi connectivity index (χ4n) is 2.72. The van der Waals surface area contributed by atoms with Gasteiger partial charge in [-0.05, 0) is 106 Å². The van der Waals surface area contributed by atoms with Crippen molar-refractivity contribution < 1.29 is 48.2 Å². The number of azo groups is 1. The van der Waals surface area contributed by atoms with E-state index in [0.717, 1.165) is 18.3 Å². The molecule has 0 fully saturated rings. The fraction of sp³-hybridized carbons (Fsp3) is 0.167. The van der Waals surface area contributed by atoms with Crippen LogP contribution in [-0.4, -0.2) is 34.2 Å². The summed E-state index contributed by atoms with van der Waals surface area (Å²) in [5.41, 5.74) is 9.26. The maximum Gasteiger partial charge on any atom is 1.00 e. The summed E-state index contributed by atoms with van der Waals surface area (Å²) < 4.78 is 26.6. The third-order valence-corrected chi connectivity index (χ3v) is 6.05. The fourth-order valence-corrected chi connectivity index (χ4v) is 3.21. The number of rotatable bonds is 4. The summed E-state index contributed by atoms with van der Waals surface area (Å²) in [5.74, 6) is -1.76. The predicted molar refractivity (Wildman–Crippen MR) is 169 cm³/mol. The maximum absolute atomic E-state index is 13.3. The third-order valence-electron chi connectivity index (χ3n) is 4.77. The number of carboxylic acid groups (broad SMARTS) is 1. The van der Waals surface area contributed by atoms with Crippen molar-refractivity contribution in [3.63, 3.8) is 0 Å². The first kappa shape index (κ1) is 39.2. The number of nitrogens with zero attached hydrogens (tertiary/aromatic N) is 4. The monoisotopic (exact) mass is 713 g/mol. The standard InChI is InChI=1S/C14H13BrFN3.C8H11N.C6H5BrFN.C2H4O2.Na/c1-19(2)12-6-3-10(4-7-12)17-18-11-5-8-13(15)14(16)9-11;1-9(2)8-6-4-3-5-7-8;7-5-2-1-4(9)3-6(5)8;1-2(3)4;/h3-9H,1-2H3;3-7H,1-2H3;1-3H,9H2;1H3,(H,3,4);/q;;;;+1/p-1. The van der Waals surface area contributed by atoms with Crippen molar-refractivity contribution in [2.45, 2.75) is 6.92 Å². The molecule has 4 aromatic rings. The molecule has 218 valence electrons. The summed E-state index contributed by atoms with van der Waals surface area (Å²) >= 11 is 6.09. The molecule has 0 unspecified atom stereocenters. The Kier molecular flexibility index (Phi) is 19.5. The number of benzene rings is 4. The first-order chi connectivity index (χ1) is 19.3. The molecule has 0 aliphatic carbocycles. The molecule has 4 aromatic carbocycles. The van der Waals surface area contributed by atoms with E-state index in [0.29, 0.717) is 20.3 Å². The molecule has 0 aromatic heterocycles. The summed E-state index contributed by atoms with van der Waals surface area (Å²) in [6, 6.07) is 27.0. The molecule has 12 heteroatoms. The average Bonchev–Trinajstić information content (AvgIpc) is 2.93. The van der Waals surface area contributed by atoms with Crippen molar-refractivity contribution in [1.82, 2.24) is 0 Å². The van der Waals surface area contributed by atoms with Gasteiger partial charge in [0.1, 0.15) is 11.6 Å². The second-order valence-electron chi connectivity index (χ2n) is 8.60. The minimum atomic E-state index is -1.08. The van der Waals surface area contributed by atoms with Crippen LogP contribution in [0.4, 0.5) is 37.2 Å². The van der Waals surface area contributed by atoms with Gasteiger partial charge in [-0.3, -0.25) is 0 Å². The maximum atomic E-state index is 13.3. The van der Waals surface area contributed by atoms with E-state index in [1.165, 1.54) is 17.8 Å². The van der Waals surface area contributed by atoms with Gasteiger partial charge < -0.3 is 25.4 Å². The Labute approximate surface area is 285 Å². The van der Waals surface area contributed by atoms with Gasteiger partial charge in [0.15, 0.2) is 0 Å². The second-order valence-corrected chi connectivity index (χ2v) is 10.3. The second kappa shape index (κ2) is 21.0. The number of halogens is 4. The Balaban J connectivity index is 0.000000613. The van der Waals surface area contributed by atoms with Crippen LogP contribution in [0.2, 0.25) is 0 Å². The zero-order valence-corrected chi connectivity index (χ0v) is 29.5. The third kappa shape index (κ3) is 16.6. The molecule has 0 bridgehead atoms. The topological polar surface area (TPSA) is 97.3 Å². The Morgan fingerprint density at radius 2 is 1.12 bits per heavy atom. The Bertz CT molecular complexity index is 1390. The molecule has 42 heavy (non-hydrogen) atoms. The van der Waals surface area contributed by atoms with Crippen molar-refractivity contribution in [1.29, 1.82) is 0 Å². The quantitative estimate of drug-likeness (QED) is 0.187. The SMILES string of the molecule is CC(=O)[O-].CN(C)c1ccc(N=Nc2ccc(Br)c(F)c2)cc1.CN(C)c1ccccc1.Nc1ccc(Br)c(F)c1.[Na+]. The number of hydrogen-bond acceptors (Lipinski definition) is 7. The van der Waals surface area contributed by atoms with E-state index in [-0.39, 0.29) is 41.2 Å². The number of aliphatic carboxylic acids is 1. The molecule has 4 rings (SSSR count). The Morgan fingerprint density at radius 1 is 0.714 bits per heavy atom. The van der Waals surface area contributed by atoms with E-state index in [2.05, 4.69) is 59.1 Å². The molecule has 0 saturated heterocycles. The van der Waals surface area contributed by atoms with E-state index >= 15 is 0 Å². The van der Waals surface area contributed by atoms with Crippen molar-refractivity contribution >= 4 is 66.3 Å². The van der Waals surface area contributed by atoms with E-state index in [1.807, 2.05) is 75.6 Å². The number of carboxylic acids is 1. The molecule has 0 amide bonds. The minimum Gasteiger partial charge on any atom is -0.550 e.